The minimum atomic E-state index is -0.458. The maximum atomic E-state index is 11.9. The Labute approximate surface area is 115 Å². The fraction of sp³-hybridized carbons (Fsp3) is 0.308. The summed E-state index contributed by atoms with van der Waals surface area (Å²) < 4.78 is 2.14. The number of aryl methyl sites for hydroxylation is 1. The number of nitrogens with one attached hydrogen (secondary N) is 1. The van der Waals surface area contributed by atoms with Gasteiger partial charge in [-0.25, -0.2) is 9.48 Å². The Morgan fingerprint density at radius 1 is 1.30 bits per heavy atom. The number of hydrogen-bond donors (Lipinski definition) is 2. The molecule has 2 aromatic rings. The number of hydrogen-bond acceptors (Lipinski definition) is 5. The fourth-order valence-electron chi connectivity index (χ4n) is 1.88. The number of nitrogens with zero attached hydrogens (tertiary/aromatic N) is 3. The average Bonchev–Trinajstić information content (AvgIpc) is 2.43. The van der Waals surface area contributed by atoms with Crippen LogP contribution in [0.25, 0.3) is 0 Å². The van der Waals surface area contributed by atoms with Crippen molar-refractivity contribution in [1.82, 2.24) is 14.3 Å². The minimum absolute atomic E-state index is 0.136. The van der Waals surface area contributed by atoms with Crippen LogP contribution in [0.3, 0.4) is 0 Å². The van der Waals surface area contributed by atoms with Crippen molar-refractivity contribution in [2.75, 3.05) is 11.1 Å². The van der Waals surface area contributed by atoms with E-state index in [1.807, 2.05) is 25.1 Å². The van der Waals surface area contributed by atoms with Gasteiger partial charge < -0.3 is 11.1 Å². The first kappa shape index (κ1) is 13.9. The van der Waals surface area contributed by atoms with Gasteiger partial charge in [0.05, 0.1) is 0 Å². The molecule has 0 aliphatic rings. The van der Waals surface area contributed by atoms with E-state index in [0.29, 0.717) is 12.2 Å². The topological polar surface area (TPSA) is 94.9 Å². The lowest BCUT2D eigenvalue weighted by Gasteiger charge is -2.11. The highest BCUT2D eigenvalue weighted by Crippen LogP contribution is 2.15. The summed E-state index contributed by atoms with van der Waals surface area (Å²) in [4.78, 5) is 23.4. The summed E-state index contributed by atoms with van der Waals surface area (Å²) in [7, 11) is 2.92. The molecule has 1 aromatic heterocycles. The number of rotatable bonds is 3. The molecule has 0 unspecified atom stereocenters. The second-order valence-electron chi connectivity index (χ2n) is 4.60. The van der Waals surface area contributed by atoms with E-state index in [9.17, 15) is 9.59 Å². The van der Waals surface area contributed by atoms with E-state index in [-0.39, 0.29) is 5.82 Å². The molecule has 0 aliphatic carbocycles. The van der Waals surface area contributed by atoms with Gasteiger partial charge in [0, 0.05) is 26.3 Å². The quantitative estimate of drug-likeness (QED) is 0.768. The van der Waals surface area contributed by atoms with E-state index in [0.717, 1.165) is 20.4 Å². The zero-order chi connectivity index (χ0) is 14.9. The first-order valence-corrected chi connectivity index (χ1v) is 6.14. The molecule has 0 atom stereocenters. The summed E-state index contributed by atoms with van der Waals surface area (Å²) in [5.41, 5.74) is 7.56. The molecule has 106 valence electrons. The van der Waals surface area contributed by atoms with Crippen molar-refractivity contribution in [3.05, 3.63) is 50.2 Å². The van der Waals surface area contributed by atoms with Crippen LogP contribution in [0.2, 0.25) is 0 Å². The molecule has 0 fully saturated rings. The lowest BCUT2D eigenvalue weighted by molar-refractivity contribution is 0.604. The van der Waals surface area contributed by atoms with Crippen LogP contribution in [0.15, 0.2) is 27.8 Å². The molecule has 0 saturated heterocycles. The summed E-state index contributed by atoms with van der Waals surface area (Å²) in [6.45, 7) is 2.33. The normalized spacial score (nSPS) is 10.6. The predicted molar refractivity (Wildman–Crippen MR) is 77.6 cm³/mol. The number of anilines is 2. The van der Waals surface area contributed by atoms with Crippen molar-refractivity contribution < 1.29 is 0 Å². The van der Waals surface area contributed by atoms with E-state index in [1.165, 1.54) is 14.1 Å². The Kier molecular flexibility index (Phi) is 3.60. The second kappa shape index (κ2) is 5.20. The van der Waals surface area contributed by atoms with Crippen LogP contribution in [-0.2, 0) is 20.6 Å². The van der Waals surface area contributed by atoms with Crippen molar-refractivity contribution in [3.63, 3.8) is 0 Å². The first-order chi connectivity index (χ1) is 9.41. The van der Waals surface area contributed by atoms with Gasteiger partial charge in [0.2, 0.25) is 5.82 Å². The van der Waals surface area contributed by atoms with Gasteiger partial charge in [0.15, 0.2) is 0 Å². The summed E-state index contributed by atoms with van der Waals surface area (Å²) in [6.07, 6.45) is 0. The molecule has 1 aromatic carbocycles. The van der Waals surface area contributed by atoms with Crippen LogP contribution in [0.5, 0.6) is 0 Å². The molecular weight excluding hydrogens is 258 g/mol. The Morgan fingerprint density at radius 3 is 2.70 bits per heavy atom. The van der Waals surface area contributed by atoms with Crippen molar-refractivity contribution >= 4 is 11.5 Å². The van der Waals surface area contributed by atoms with E-state index in [1.54, 1.807) is 0 Å². The average molecular weight is 275 g/mol. The lowest BCUT2D eigenvalue weighted by atomic mass is 10.1. The molecule has 0 radical (unpaired) electrons. The smallest absolute Gasteiger partial charge is 0.346 e. The minimum Gasteiger partial charge on any atom is -0.399 e. The van der Waals surface area contributed by atoms with E-state index >= 15 is 0 Å². The molecule has 3 N–H and O–H groups in total. The highest BCUT2D eigenvalue weighted by molar-refractivity contribution is 5.50. The zero-order valence-corrected chi connectivity index (χ0v) is 11.7. The maximum Gasteiger partial charge on any atom is 0.346 e. The monoisotopic (exact) mass is 275 g/mol. The van der Waals surface area contributed by atoms with Gasteiger partial charge in [0.25, 0.3) is 5.56 Å². The summed E-state index contributed by atoms with van der Waals surface area (Å²) in [5.74, 6) is 0.136. The molecule has 0 spiro atoms. The Bertz CT molecular complexity index is 760. The first-order valence-electron chi connectivity index (χ1n) is 6.14. The molecular formula is C13H17N5O2. The van der Waals surface area contributed by atoms with Crippen molar-refractivity contribution in [2.24, 2.45) is 14.1 Å². The van der Waals surface area contributed by atoms with E-state index in [4.69, 9.17) is 5.73 Å². The third-order valence-electron chi connectivity index (χ3n) is 3.26. The summed E-state index contributed by atoms with van der Waals surface area (Å²) in [6, 6.07) is 5.60. The van der Waals surface area contributed by atoms with Gasteiger partial charge in [-0.1, -0.05) is 12.1 Å². The third kappa shape index (κ3) is 2.42. The molecule has 2 rings (SSSR count). The lowest BCUT2D eigenvalue weighted by Crippen LogP contribution is -2.39. The number of nitrogens with two attached hydrogens (primary N) is 1. The van der Waals surface area contributed by atoms with Crippen molar-refractivity contribution in [1.29, 1.82) is 0 Å². The highest BCUT2D eigenvalue weighted by Gasteiger charge is 2.09. The Hall–Kier alpha value is -2.57. The van der Waals surface area contributed by atoms with Crippen LogP contribution in [0.4, 0.5) is 11.5 Å². The van der Waals surface area contributed by atoms with Gasteiger partial charge in [-0.2, -0.15) is 0 Å². The van der Waals surface area contributed by atoms with Crippen LogP contribution in [0.1, 0.15) is 11.1 Å². The number of nitrogen functional groups attached to an aromatic ring is 1. The van der Waals surface area contributed by atoms with Gasteiger partial charge in [-0.3, -0.25) is 9.36 Å². The SMILES string of the molecule is Cc1c(N)cccc1CNc1nn(C)c(=O)n(C)c1=O. The van der Waals surface area contributed by atoms with Crippen LogP contribution in [-0.4, -0.2) is 14.3 Å². The summed E-state index contributed by atoms with van der Waals surface area (Å²) in [5, 5.41) is 6.88. The van der Waals surface area contributed by atoms with E-state index < -0.39 is 11.2 Å². The second-order valence-corrected chi connectivity index (χ2v) is 4.60. The molecule has 0 saturated carbocycles. The molecule has 1 heterocycles. The van der Waals surface area contributed by atoms with Crippen LogP contribution < -0.4 is 22.3 Å². The van der Waals surface area contributed by atoms with Gasteiger partial charge >= 0.3 is 5.69 Å². The van der Waals surface area contributed by atoms with Crippen LogP contribution in [0, 0.1) is 6.92 Å². The Morgan fingerprint density at radius 2 is 2.00 bits per heavy atom. The standard InChI is InChI=1S/C13H17N5O2/c1-8-9(5-4-6-10(8)14)7-15-11-12(19)17(2)13(20)18(3)16-11/h4-6H,7,14H2,1-3H3,(H,15,16). The van der Waals surface area contributed by atoms with Crippen molar-refractivity contribution in [3.8, 4) is 0 Å². The van der Waals surface area contributed by atoms with Crippen LogP contribution >= 0.6 is 0 Å². The predicted octanol–water partition coefficient (Wildman–Crippen LogP) is -0.0183. The summed E-state index contributed by atoms with van der Waals surface area (Å²) >= 11 is 0. The highest BCUT2D eigenvalue weighted by atomic mass is 16.2. The fourth-order valence-corrected chi connectivity index (χ4v) is 1.88. The third-order valence-corrected chi connectivity index (χ3v) is 3.26. The Balaban J connectivity index is 2.31. The van der Waals surface area contributed by atoms with E-state index in [2.05, 4.69) is 10.4 Å². The maximum absolute atomic E-state index is 11.9. The largest absolute Gasteiger partial charge is 0.399 e. The van der Waals surface area contributed by atoms with Gasteiger partial charge in [-0.05, 0) is 24.1 Å². The molecule has 0 amide bonds. The van der Waals surface area contributed by atoms with Gasteiger partial charge in [0.1, 0.15) is 0 Å². The zero-order valence-electron chi connectivity index (χ0n) is 11.7. The number of benzene rings is 1. The molecule has 0 bridgehead atoms. The number of aromatic nitrogens is 3. The molecule has 7 heteroatoms. The van der Waals surface area contributed by atoms with Gasteiger partial charge in [-0.15, -0.1) is 5.10 Å². The van der Waals surface area contributed by atoms with Crippen molar-refractivity contribution in [2.45, 2.75) is 13.5 Å². The molecule has 0 aliphatic heterocycles. The molecule has 20 heavy (non-hydrogen) atoms. The molecule has 7 nitrogen and oxygen atoms in total.